The first-order chi connectivity index (χ1) is 16.9. The van der Waals surface area contributed by atoms with Gasteiger partial charge in [0.15, 0.2) is 0 Å². The van der Waals surface area contributed by atoms with Crippen molar-refractivity contribution < 1.29 is 19.7 Å². The van der Waals surface area contributed by atoms with Crippen LogP contribution in [-0.4, -0.2) is 52.8 Å². The summed E-state index contributed by atoms with van der Waals surface area (Å²) in [7, 11) is 1.60. The minimum Gasteiger partial charge on any atom is -0.497 e. The highest BCUT2D eigenvalue weighted by atomic mass is 35.5. The molecular formula is C27H29ClN2O4S. The Bertz CT molecular complexity index is 1220. The van der Waals surface area contributed by atoms with Crippen molar-refractivity contribution in [3.63, 3.8) is 0 Å². The summed E-state index contributed by atoms with van der Waals surface area (Å²) in [6.07, 6.45) is 3.00. The number of carboxylic acids is 1. The summed E-state index contributed by atoms with van der Waals surface area (Å²) in [6, 6.07) is 7.52. The zero-order valence-electron chi connectivity index (χ0n) is 19.6. The van der Waals surface area contributed by atoms with E-state index in [-0.39, 0.29) is 18.3 Å². The Kier molecular flexibility index (Phi) is 8.64. The van der Waals surface area contributed by atoms with Gasteiger partial charge in [-0.2, -0.15) is 11.3 Å². The molecule has 0 bridgehead atoms. The molecule has 2 unspecified atom stereocenters. The van der Waals surface area contributed by atoms with Crippen LogP contribution in [0.1, 0.15) is 42.9 Å². The number of pyridine rings is 1. The lowest BCUT2D eigenvalue weighted by molar-refractivity contribution is -0.139. The number of aliphatic hydroxyl groups excluding tert-OH is 1. The number of hydrogen-bond acceptors (Lipinski definition) is 6. The van der Waals surface area contributed by atoms with E-state index in [0.29, 0.717) is 35.8 Å². The number of carbonyl (C=O) groups is 1. The van der Waals surface area contributed by atoms with Gasteiger partial charge in [-0.3, -0.25) is 14.7 Å². The van der Waals surface area contributed by atoms with Crippen LogP contribution in [0.3, 0.4) is 0 Å². The predicted octanol–water partition coefficient (Wildman–Crippen LogP) is 5.24. The van der Waals surface area contributed by atoms with Gasteiger partial charge in [0.05, 0.1) is 30.3 Å². The van der Waals surface area contributed by atoms with E-state index in [2.05, 4.69) is 21.7 Å². The van der Waals surface area contributed by atoms with Crippen molar-refractivity contribution in [1.29, 1.82) is 0 Å². The molecule has 3 aromatic rings. The van der Waals surface area contributed by atoms with Crippen molar-refractivity contribution in [2.24, 2.45) is 11.8 Å². The second-order valence-electron chi connectivity index (χ2n) is 8.95. The van der Waals surface area contributed by atoms with E-state index in [4.69, 9.17) is 16.3 Å². The Morgan fingerprint density at radius 3 is 2.97 bits per heavy atom. The van der Waals surface area contributed by atoms with Crippen molar-refractivity contribution in [3.05, 3.63) is 57.4 Å². The van der Waals surface area contributed by atoms with E-state index in [1.807, 2.05) is 35.0 Å². The van der Waals surface area contributed by atoms with Crippen molar-refractivity contribution in [1.82, 2.24) is 9.88 Å². The number of aliphatic hydroxyl groups is 1. The van der Waals surface area contributed by atoms with E-state index in [0.717, 1.165) is 35.9 Å². The monoisotopic (exact) mass is 512 g/mol. The molecule has 8 heteroatoms. The molecule has 6 nitrogen and oxygen atoms in total. The molecule has 3 atom stereocenters. The highest BCUT2D eigenvalue weighted by Gasteiger charge is 2.31. The van der Waals surface area contributed by atoms with Gasteiger partial charge in [0, 0.05) is 41.1 Å². The second kappa shape index (κ2) is 11.9. The van der Waals surface area contributed by atoms with Crippen LogP contribution in [0.4, 0.5) is 0 Å². The molecule has 0 spiro atoms. The number of ether oxygens (including phenoxy) is 1. The molecule has 0 saturated carbocycles. The SMILES string of the molecule is COc1ccc2ncc(Cl)c([C@H](O)CCC3CCN(CC#Cc4ccsc4)CC3CC(=O)O)c2c1. The zero-order valence-corrected chi connectivity index (χ0v) is 21.2. The number of aliphatic carboxylic acids is 1. The normalized spacial score (nSPS) is 19.2. The fourth-order valence-electron chi connectivity index (χ4n) is 4.87. The lowest BCUT2D eigenvalue weighted by Crippen LogP contribution is -2.41. The molecule has 0 radical (unpaired) electrons. The number of nitrogens with zero attached hydrogens (tertiary/aromatic N) is 2. The van der Waals surface area contributed by atoms with Crippen LogP contribution in [0.2, 0.25) is 5.02 Å². The maximum atomic E-state index is 11.6. The van der Waals surface area contributed by atoms with Crippen LogP contribution in [-0.2, 0) is 4.79 Å². The van der Waals surface area contributed by atoms with Crippen LogP contribution in [0, 0.1) is 23.7 Å². The van der Waals surface area contributed by atoms with Crippen LogP contribution in [0.5, 0.6) is 5.75 Å². The average molecular weight is 513 g/mol. The maximum absolute atomic E-state index is 11.6. The van der Waals surface area contributed by atoms with Gasteiger partial charge < -0.3 is 14.9 Å². The minimum atomic E-state index is -0.790. The third-order valence-electron chi connectivity index (χ3n) is 6.68. The fraction of sp³-hybridized carbons (Fsp3) is 0.407. The quantitative estimate of drug-likeness (QED) is 0.402. The molecule has 2 aromatic heterocycles. The number of halogens is 1. The fourth-order valence-corrected chi connectivity index (χ4v) is 5.74. The number of methoxy groups -OCH3 is 1. The molecule has 0 amide bonds. The smallest absolute Gasteiger partial charge is 0.303 e. The van der Waals surface area contributed by atoms with E-state index in [1.54, 1.807) is 24.6 Å². The molecule has 1 aliphatic heterocycles. The number of fused-ring (bicyclic) bond motifs is 1. The molecule has 184 valence electrons. The number of aromatic nitrogens is 1. The van der Waals surface area contributed by atoms with Crippen molar-refractivity contribution >= 4 is 39.8 Å². The Morgan fingerprint density at radius 2 is 2.23 bits per heavy atom. The standard InChI is InChI=1S/C27H29ClN2O4S/c1-34-21-5-6-24-22(14-21)27(23(28)15-29-24)25(31)7-4-19-8-11-30(16-20(19)13-26(32)33)10-2-3-18-9-12-35-17-18/h5-6,9,12,14-15,17,19-20,25,31H,4,7-8,10-11,13,16H2,1H3,(H,32,33)/t19?,20?,25-/m1/s1. The van der Waals surface area contributed by atoms with Gasteiger partial charge in [0.2, 0.25) is 0 Å². The Balaban J connectivity index is 1.42. The van der Waals surface area contributed by atoms with Crippen molar-refractivity contribution in [2.45, 2.75) is 31.8 Å². The first kappa shape index (κ1) is 25.5. The second-order valence-corrected chi connectivity index (χ2v) is 10.1. The van der Waals surface area contributed by atoms with Crippen molar-refractivity contribution in [2.75, 3.05) is 26.7 Å². The highest BCUT2D eigenvalue weighted by molar-refractivity contribution is 7.08. The van der Waals surface area contributed by atoms with Gasteiger partial charge in [0.1, 0.15) is 5.75 Å². The van der Waals surface area contributed by atoms with Gasteiger partial charge in [-0.15, -0.1) is 0 Å². The van der Waals surface area contributed by atoms with E-state index >= 15 is 0 Å². The number of likely N-dealkylation sites (tertiary alicyclic amines) is 1. The average Bonchev–Trinajstić information content (AvgIpc) is 3.36. The summed E-state index contributed by atoms with van der Waals surface area (Å²) < 4.78 is 5.34. The van der Waals surface area contributed by atoms with E-state index < -0.39 is 12.1 Å². The lowest BCUT2D eigenvalue weighted by Gasteiger charge is -2.37. The third-order valence-corrected chi connectivity index (χ3v) is 7.67. The molecule has 3 heterocycles. The third kappa shape index (κ3) is 6.53. The van der Waals surface area contributed by atoms with Crippen LogP contribution < -0.4 is 4.74 Å². The molecule has 0 aliphatic carbocycles. The van der Waals surface area contributed by atoms with Gasteiger partial charge in [-0.05, 0) is 67.3 Å². The zero-order chi connectivity index (χ0) is 24.8. The number of hydrogen-bond donors (Lipinski definition) is 2. The number of piperidine rings is 1. The Morgan fingerprint density at radius 1 is 1.37 bits per heavy atom. The summed E-state index contributed by atoms with van der Waals surface area (Å²) in [5.41, 5.74) is 2.40. The Labute approximate surface area is 214 Å². The summed E-state index contributed by atoms with van der Waals surface area (Å²) in [5.74, 6) is 6.49. The predicted molar refractivity (Wildman–Crippen MR) is 139 cm³/mol. The van der Waals surface area contributed by atoms with Gasteiger partial charge in [0.25, 0.3) is 0 Å². The molecule has 2 N–H and O–H groups in total. The summed E-state index contributed by atoms with van der Waals surface area (Å²) in [5, 5.41) is 25.8. The molecular weight excluding hydrogens is 484 g/mol. The van der Waals surface area contributed by atoms with Gasteiger partial charge in [-0.1, -0.05) is 23.4 Å². The highest BCUT2D eigenvalue weighted by Crippen LogP contribution is 2.37. The number of rotatable bonds is 8. The van der Waals surface area contributed by atoms with Crippen LogP contribution in [0.15, 0.2) is 41.2 Å². The van der Waals surface area contributed by atoms with E-state index in [9.17, 15) is 15.0 Å². The summed E-state index contributed by atoms with van der Waals surface area (Å²) >= 11 is 8.08. The molecule has 35 heavy (non-hydrogen) atoms. The van der Waals surface area contributed by atoms with Gasteiger partial charge >= 0.3 is 5.97 Å². The summed E-state index contributed by atoms with van der Waals surface area (Å²) in [6.45, 7) is 2.19. The number of thiophene rings is 1. The molecule has 1 saturated heterocycles. The number of benzene rings is 1. The molecule has 1 aliphatic rings. The van der Waals surface area contributed by atoms with Crippen LogP contribution in [0.25, 0.3) is 10.9 Å². The molecule has 1 aromatic carbocycles. The number of carboxylic acid groups (broad SMARTS) is 1. The largest absolute Gasteiger partial charge is 0.497 e. The lowest BCUT2D eigenvalue weighted by atomic mass is 9.79. The van der Waals surface area contributed by atoms with E-state index in [1.165, 1.54) is 0 Å². The topological polar surface area (TPSA) is 82.9 Å². The molecule has 4 rings (SSSR count). The van der Waals surface area contributed by atoms with Crippen LogP contribution >= 0.6 is 22.9 Å². The maximum Gasteiger partial charge on any atom is 0.303 e. The molecule has 1 fully saturated rings. The van der Waals surface area contributed by atoms with Gasteiger partial charge in [-0.25, -0.2) is 0 Å². The first-order valence-electron chi connectivity index (χ1n) is 11.7. The van der Waals surface area contributed by atoms with Crippen molar-refractivity contribution in [3.8, 4) is 17.6 Å². The minimum absolute atomic E-state index is 0.0150. The summed E-state index contributed by atoms with van der Waals surface area (Å²) in [4.78, 5) is 18.2. The first-order valence-corrected chi connectivity index (χ1v) is 13.0. The Hall–Kier alpha value is -2.63.